The number of H-pyrrole nitrogens is 1. The Balaban J connectivity index is 1.51. The first-order valence-electron chi connectivity index (χ1n) is 8.63. The molecule has 1 saturated carbocycles. The number of rotatable bonds is 5. The molecule has 0 saturated heterocycles. The van der Waals surface area contributed by atoms with Crippen LogP contribution in [0.15, 0.2) is 24.3 Å². The summed E-state index contributed by atoms with van der Waals surface area (Å²) in [5.74, 6) is 1.32. The molecule has 128 valence electrons. The van der Waals surface area contributed by atoms with E-state index in [0.29, 0.717) is 23.3 Å². The highest BCUT2D eigenvalue weighted by Gasteiger charge is 2.16. The van der Waals surface area contributed by atoms with Crippen molar-refractivity contribution in [1.82, 2.24) is 20.5 Å². The molecule has 1 aromatic carbocycles. The zero-order valence-electron chi connectivity index (χ0n) is 13.7. The van der Waals surface area contributed by atoms with Gasteiger partial charge in [-0.25, -0.2) is 4.98 Å². The van der Waals surface area contributed by atoms with Crippen LogP contribution in [0.2, 0.25) is 5.02 Å². The lowest BCUT2D eigenvalue weighted by molar-refractivity contribution is -0.121. The summed E-state index contributed by atoms with van der Waals surface area (Å²) in [5, 5.41) is 10.9. The molecule has 0 spiro atoms. The highest BCUT2D eigenvalue weighted by molar-refractivity contribution is 6.30. The maximum absolute atomic E-state index is 12.2. The Morgan fingerprint density at radius 2 is 1.88 bits per heavy atom. The first kappa shape index (κ1) is 17.0. The van der Waals surface area contributed by atoms with E-state index < -0.39 is 0 Å². The molecule has 1 amide bonds. The molecule has 0 unspecified atom stereocenters. The normalized spacial score (nSPS) is 15.9. The van der Waals surface area contributed by atoms with E-state index >= 15 is 0 Å². The van der Waals surface area contributed by atoms with Gasteiger partial charge in [0.1, 0.15) is 5.82 Å². The highest BCUT2D eigenvalue weighted by atomic mass is 35.5. The maximum Gasteiger partial charge on any atom is 0.227 e. The third-order valence-electron chi connectivity index (χ3n) is 4.40. The number of nitrogens with one attached hydrogen (secondary N) is 2. The predicted octanol–water partition coefficient (Wildman–Crippen LogP) is 3.43. The van der Waals surface area contributed by atoms with Crippen LogP contribution in [0.4, 0.5) is 0 Å². The zero-order chi connectivity index (χ0) is 16.8. The van der Waals surface area contributed by atoms with Gasteiger partial charge in [-0.2, -0.15) is 5.10 Å². The van der Waals surface area contributed by atoms with Gasteiger partial charge in [0.05, 0.1) is 6.42 Å². The second kappa shape index (κ2) is 8.29. The highest BCUT2D eigenvalue weighted by Crippen LogP contribution is 2.17. The van der Waals surface area contributed by atoms with Crippen LogP contribution in [0.3, 0.4) is 0 Å². The molecule has 0 bridgehead atoms. The minimum atomic E-state index is 0.0129. The van der Waals surface area contributed by atoms with E-state index in [1.807, 2.05) is 24.3 Å². The van der Waals surface area contributed by atoms with Crippen molar-refractivity contribution in [2.45, 2.75) is 57.4 Å². The van der Waals surface area contributed by atoms with Crippen molar-refractivity contribution in [2.75, 3.05) is 0 Å². The first-order valence-corrected chi connectivity index (χ1v) is 9.01. The lowest BCUT2D eigenvalue weighted by Crippen LogP contribution is -2.35. The van der Waals surface area contributed by atoms with Crippen molar-refractivity contribution >= 4 is 17.5 Å². The lowest BCUT2D eigenvalue weighted by Gasteiger charge is -2.15. The minimum absolute atomic E-state index is 0.0129. The average Bonchev–Trinajstić information content (AvgIpc) is 2.83. The lowest BCUT2D eigenvalue weighted by atomic mass is 10.1. The van der Waals surface area contributed by atoms with Gasteiger partial charge in [0, 0.05) is 17.5 Å². The second-order valence-corrected chi connectivity index (χ2v) is 6.87. The fourth-order valence-corrected chi connectivity index (χ4v) is 3.26. The molecular formula is C18H23ClN4O. The summed E-state index contributed by atoms with van der Waals surface area (Å²) < 4.78 is 0. The summed E-state index contributed by atoms with van der Waals surface area (Å²) in [4.78, 5) is 16.6. The van der Waals surface area contributed by atoms with Gasteiger partial charge in [-0.05, 0) is 30.5 Å². The van der Waals surface area contributed by atoms with Crippen LogP contribution in [-0.2, 0) is 17.6 Å². The van der Waals surface area contributed by atoms with Gasteiger partial charge in [-0.3, -0.25) is 9.89 Å². The van der Waals surface area contributed by atoms with Crippen molar-refractivity contribution in [3.05, 3.63) is 46.5 Å². The smallest absolute Gasteiger partial charge is 0.227 e. The van der Waals surface area contributed by atoms with E-state index in [9.17, 15) is 4.79 Å². The fraction of sp³-hybridized carbons (Fsp3) is 0.500. The number of benzene rings is 1. The Morgan fingerprint density at radius 3 is 2.58 bits per heavy atom. The molecule has 2 N–H and O–H groups in total. The SMILES string of the molecule is O=C(Cc1n[nH]c(Cc2ccc(Cl)cc2)n1)NC1CCCCCC1. The zero-order valence-corrected chi connectivity index (χ0v) is 14.5. The molecule has 3 rings (SSSR count). The molecule has 1 aliphatic carbocycles. The summed E-state index contributed by atoms with van der Waals surface area (Å²) in [7, 11) is 0. The van der Waals surface area contributed by atoms with Gasteiger partial charge in [0.25, 0.3) is 0 Å². The van der Waals surface area contributed by atoms with Gasteiger partial charge in [-0.1, -0.05) is 49.4 Å². The van der Waals surface area contributed by atoms with Gasteiger partial charge in [-0.15, -0.1) is 0 Å². The number of nitrogens with zero attached hydrogens (tertiary/aromatic N) is 2. The number of hydrogen-bond acceptors (Lipinski definition) is 3. The molecule has 0 atom stereocenters. The van der Waals surface area contributed by atoms with E-state index in [0.717, 1.165) is 24.2 Å². The topological polar surface area (TPSA) is 70.7 Å². The molecule has 1 aliphatic rings. The third-order valence-corrected chi connectivity index (χ3v) is 4.65. The van der Waals surface area contributed by atoms with Gasteiger partial charge in [0.15, 0.2) is 5.82 Å². The molecule has 0 radical (unpaired) electrons. The van der Waals surface area contributed by atoms with E-state index in [1.165, 1.54) is 25.7 Å². The summed E-state index contributed by atoms with van der Waals surface area (Å²) in [5.41, 5.74) is 1.10. The van der Waals surface area contributed by atoms with Crippen LogP contribution in [0.25, 0.3) is 0 Å². The number of hydrogen-bond donors (Lipinski definition) is 2. The molecular weight excluding hydrogens is 324 g/mol. The van der Waals surface area contributed by atoms with Crippen LogP contribution < -0.4 is 5.32 Å². The Labute approximate surface area is 147 Å². The third kappa shape index (κ3) is 5.06. The predicted molar refractivity (Wildman–Crippen MR) is 94.0 cm³/mol. The monoisotopic (exact) mass is 346 g/mol. The summed E-state index contributed by atoms with van der Waals surface area (Å²) in [6.45, 7) is 0. The Morgan fingerprint density at radius 1 is 1.17 bits per heavy atom. The van der Waals surface area contributed by atoms with Crippen LogP contribution >= 0.6 is 11.6 Å². The molecule has 2 aromatic rings. The van der Waals surface area contributed by atoms with Crippen molar-refractivity contribution in [1.29, 1.82) is 0 Å². The standard InChI is InChI=1S/C18H23ClN4O/c19-14-9-7-13(8-10-14)11-16-21-17(23-22-16)12-18(24)20-15-5-3-1-2-4-6-15/h7-10,15H,1-6,11-12H2,(H,20,24)(H,21,22,23). The molecule has 0 aliphatic heterocycles. The number of amides is 1. The first-order chi connectivity index (χ1) is 11.7. The van der Waals surface area contributed by atoms with Crippen molar-refractivity contribution in [2.24, 2.45) is 0 Å². The van der Waals surface area contributed by atoms with E-state index in [4.69, 9.17) is 11.6 Å². The van der Waals surface area contributed by atoms with Crippen LogP contribution in [0.5, 0.6) is 0 Å². The van der Waals surface area contributed by atoms with Crippen molar-refractivity contribution < 1.29 is 4.79 Å². The fourth-order valence-electron chi connectivity index (χ4n) is 3.13. The van der Waals surface area contributed by atoms with Gasteiger partial charge < -0.3 is 5.32 Å². The summed E-state index contributed by atoms with van der Waals surface area (Å²) in [6, 6.07) is 7.95. The Hall–Kier alpha value is -1.88. The molecule has 24 heavy (non-hydrogen) atoms. The molecule has 1 heterocycles. The number of aromatic amines is 1. The largest absolute Gasteiger partial charge is 0.353 e. The summed E-state index contributed by atoms with van der Waals surface area (Å²) in [6.07, 6.45) is 8.02. The van der Waals surface area contributed by atoms with E-state index in [1.54, 1.807) is 0 Å². The maximum atomic E-state index is 12.2. The van der Waals surface area contributed by atoms with E-state index in [-0.39, 0.29) is 12.3 Å². The van der Waals surface area contributed by atoms with E-state index in [2.05, 4.69) is 20.5 Å². The number of aromatic nitrogens is 3. The van der Waals surface area contributed by atoms with Crippen LogP contribution in [0.1, 0.15) is 55.7 Å². The molecule has 1 aromatic heterocycles. The number of carbonyl (C=O) groups is 1. The number of carbonyl (C=O) groups excluding carboxylic acids is 1. The molecule has 5 nitrogen and oxygen atoms in total. The molecule has 6 heteroatoms. The Kier molecular flexibility index (Phi) is 5.86. The summed E-state index contributed by atoms with van der Waals surface area (Å²) >= 11 is 5.89. The van der Waals surface area contributed by atoms with Crippen LogP contribution in [-0.4, -0.2) is 27.1 Å². The molecule has 1 fully saturated rings. The quantitative estimate of drug-likeness (QED) is 0.815. The Bertz CT molecular complexity index is 660. The second-order valence-electron chi connectivity index (χ2n) is 6.43. The number of halogens is 1. The van der Waals surface area contributed by atoms with Crippen molar-refractivity contribution in [3.8, 4) is 0 Å². The van der Waals surface area contributed by atoms with Crippen LogP contribution in [0, 0.1) is 0 Å². The minimum Gasteiger partial charge on any atom is -0.353 e. The average molecular weight is 347 g/mol. The van der Waals surface area contributed by atoms with Gasteiger partial charge in [0.2, 0.25) is 5.91 Å². The van der Waals surface area contributed by atoms with Crippen molar-refractivity contribution in [3.63, 3.8) is 0 Å². The van der Waals surface area contributed by atoms with Gasteiger partial charge >= 0.3 is 0 Å².